The molecule has 1 aromatic carbocycles. The van der Waals surface area contributed by atoms with E-state index < -0.39 is 17.6 Å². The minimum atomic E-state index is -1.25. The van der Waals surface area contributed by atoms with Crippen LogP contribution in [0.3, 0.4) is 0 Å². The summed E-state index contributed by atoms with van der Waals surface area (Å²) >= 11 is 0. The van der Waals surface area contributed by atoms with E-state index in [4.69, 9.17) is 15.6 Å². The van der Waals surface area contributed by atoms with Crippen LogP contribution >= 0.6 is 0 Å². The third-order valence-corrected chi connectivity index (χ3v) is 3.31. The highest BCUT2D eigenvalue weighted by Crippen LogP contribution is 2.54. The number of carbonyl (C=O) groups is 1. The summed E-state index contributed by atoms with van der Waals surface area (Å²) in [5, 5.41) is 9.12. The van der Waals surface area contributed by atoms with Gasteiger partial charge in [-0.25, -0.2) is 0 Å². The minimum Gasteiger partial charge on any atom is -0.480 e. The fourth-order valence-corrected chi connectivity index (χ4v) is 2.52. The van der Waals surface area contributed by atoms with Crippen LogP contribution in [-0.2, 0) is 9.53 Å². The Morgan fingerprint density at radius 1 is 1.47 bits per heavy atom. The molecule has 2 aliphatic heterocycles. The zero-order chi connectivity index (χ0) is 10.6. The second-order valence-corrected chi connectivity index (χ2v) is 4.18. The van der Waals surface area contributed by atoms with Gasteiger partial charge in [0.05, 0.1) is 6.10 Å². The predicted octanol–water partition coefficient (Wildman–Crippen LogP) is 0.985. The molecule has 78 valence electrons. The van der Waals surface area contributed by atoms with E-state index in [9.17, 15) is 4.79 Å². The van der Waals surface area contributed by atoms with Crippen molar-refractivity contribution in [3.8, 4) is 0 Å². The third-order valence-electron chi connectivity index (χ3n) is 3.31. The van der Waals surface area contributed by atoms with Crippen molar-refractivity contribution >= 4 is 5.97 Å². The summed E-state index contributed by atoms with van der Waals surface area (Å²) in [4.78, 5) is 11.1. The Kier molecular flexibility index (Phi) is 1.53. The van der Waals surface area contributed by atoms with E-state index in [1.54, 1.807) is 0 Å². The fourth-order valence-electron chi connectivity index (χ4n) is 2.52. The van der Waals surface area contributed by atoms with Gasteiger partial charge in [-0.15, -0.1) is 0 Å². The van der Waals surface area contributed by atoms with Crippen molar-refractivity contribution in [2.45, 2.75) is 24.2 Å². The molecule has 1 fully saturated rings. The first-order valence-electron chi connectivity index (χ1n) is 4.89. The van der Waals surface area contributed by atoms with Gasteiger partial charge in [0, 0.05) is 6.42 Å². The summed E-state index contributed by atoms with van der Waals surface area (Å²) < 4.78 is 5.61. The molecule has 0 radical (unpaired) electrons. The number of rotatable bonds is 1. The van der Waals surface area contributed by atoms with Gasteiger partial charge in [0.1, 0.15) is 11.6 Å². The number of fused-ring (bicyclic) bond motifs is 5. The third kappa shape index (κ3) is 0.952. The number of aliphatic carboxylic acids is 1. The summed E-state index contributed by atoms with van der Waals surface area (Å²) in [5.74, 6) is -0.982. The molecule has 3 rings (SSSR count). The van der Waals surface area contributed by atoms with Gasteiger partial charge in [-0.2, -0.15) is 0 Å². The number of benzene rings is 1. The molecule has 2 aliphatic rings. The first-order chi connectivity index (χ1) is 7.13. The van der Waals surface area contributed by atoms with Crippen LogP contribution in [0.4, 0.5) is 0 Å². The van der Waals surface area contributed by atoms with Gasteiger partial charge in [0.15, 0.2) is 0 Å². The molecular formula is C11H11NO3. The van der Waals surface area contributed by atoms with Crippen molar-refractivity contribution < 1.29 is 14.6 Å². The average molecular weight is 205 g/mol. The van der Waals surface area contributed by atoms with Crippen LogP contribution in [0.2, 0.25) is 0 Å². The molecule has 15 heavy (non-hydrogen) atoms. The summed E-state index contributed by atoms with van der Waals surface area (Å²) in [6.07, 6.45) is -0.271. The summed E-state index contributed by atoms with van der Waals surface area (Å²) in [5.41, 5.74) is 6.64. The van der Waals surface area contributed by atoms with Crippen molar-refractivity contribution in [2.75, 3.05) is 0 Å². The molecule has 0 unspecified atom stereocenters. The number of carboxylic acid groups (broad SMARTS) is 1. The zero-order valence-corrected chi connectivity index (χ0v) is 8.01. The maximum absolute atomic E-state index is 11.1. The highest BCUT2D eigenvalue weighted by molar-refractivity contribution is 5.81. The highest BCUT2D eigenvalue weighted by atomic mass is 16.5. The van der Waals surface area contributed by atoms with Crippen molar-refractivity contribution in [1.82, 2.24) is 0 Å². The van der Waals surface area contributed by atoms with Crippen molar-refractivity contribution in [3.05, 3.63) is 35.4 Å². The van der Waals surface area contributed by atoms with Gasteiger partial charge < -0.3 is 15.6 Å². The summed E-state index contributed by atoms with van der Waals surface area (Å²) in [6.45, 7) is 0. The van der Waals surface area contributed by atoms with Crippen LogP contribution in [0, 0.1) is 0 Å². The lowest BCUT2D eigenvalue weighted by Crippen LogP contribution is -2.51. The smallest absolute Gasteiger partial charge is 0.326 e. The second-order valence-electron chi connectivity index (χ2n) is 4.18. The van der Waals surface area contributed by atoms with Gasteiger partial charge in [-0.05, 0) is 11.1 Å². The van der Waals surface area contributed by atoms with E-state index in [-0.39, 0.29) is 6.10 Å². The van der Waals surface area contributed by atoms with Crippen LogP contribution in [-0.4, -0.2) is 16.6 Å². The molecule has 3 N–H and O–H groups in total. The van der Waals surface area contributed by atoms with Gasteiger partial charge >= 0.3 is 5.97 Å². The average Bonchev–Trinajstić information content (AvgIpc) is 2.74. The van der Waals surface area contributed by atoms with Crippen LogP contribution in [0.1, 0.15) is 29.8 Å². The Morgan fingerprint density at radius 2 is 2.13 bits per heavy atom. The van der Waals surface area contributed by atoms with E-state index in [0.717, 1.165) is 11.1 Å². The fraction of sp³-hybridized carbons (Fsp3) is 0.364. The Bertz CT molecular complexity index is 445. The molecule has 2 bridgehead atoms. The Labute approximate surface area is 86.7 Å². The second kappa shape index (κ2) is 2.59. The van der Waals surface area contributed by atoms with E-state index in [2.05, 4.69) is 0 Å². The molecule has 1 saturated heterocycles. The zero-order valence-electron chi connectivity index (χ0n) is 8.01. The van der Waals surface area contributed by atoms with Gasteiger partial charge in [0.2, 0.25) is 0 Å². The number of nitrogens with two attached hydrogens (primary N) is 1. The molecule has 0 amide bonds. The number of carboxylic acids is 1. The van der Waals surface area contributed by atoms with Gasteiger partial charge in [-0.3, -0.25) is 4.79 Å². The SMILES string of the molecule is N[C@]1(C(=O)O)C[C@@H]2O[C@H]1c1ccccc12. The van der Waals surface area contributed by atoms with E-state index in [1.165, 1.54) is 0 Å². The monoisotopic (exact) mass is 205 g/mol. The molecule has 0 spiro atoms. The molecule has 0 aromatic heterocycles. The molecule has 4 heteroatoms. The van der Waals surface area contributed by atoms with Crippen LogP contribution in [0.25, 0.3) is 0 Å². The quantitative estimate of drug-likeness (QED) is 0.717. The Balaban J connectivity index is 2.13. The standard InChI is InChI=1S/C11H11NO3/c12-11(10(13)14)5-8-6-3-1-2-4-7(6)9(11)15-8/h1-4,8-9H,5,12H2,(H,13,14)/t8-,9-,11+/m0/s1. The van der Waals surface area contributed by atoms with Crippen LogP contribution in [0.15, 0.2) is 24.3 Å². The first kappa shape index (κ1) is 8.88. The van der Waals surface area contributed by atoms with Gasteiger partial charge in [-0.1, -0.05) is 24.3 Å². The maximum Gasteiger partial charge on any atom is 0.326 e. The topological polar surface area (TPSA) is 72.6 Å². The highest BCUT2D eigenvalue weighted by Gasteiger charge is 2.57. The predicted molar refractivity (Wildman–Crippen MR) is 52.2 cm³/mol. The molecule has 4 nitrogen and oxygen atoms in total. The molecular weight excluding hydrogens is 194 g/mol. The number of hydrogen-bond acceptors (Lipinski definition) is 3. The number of ether oxygens (including phenoxy) is 1. The number of hydrogen-bond donors (Lipinski definition) is 2. The van der Waals surface area contributed by atoms with E-state index in [1.807, 2.05) is 24.3 Å². The lowest BCUT2D eigenvalue weighted by atomic mass is 9.78. The van der Waals surface area contributed by atoms with Crippen molar-refractivity contribution in [1.29, 1.82) is 0 Å². The maximum atomic E-state index is 11.1. The largest absolute Gasteiger partial charge is 0.480 e. The minimum absolute atomic E-state index is 0.146. The lowest BCUT2D eigenvalue weighted by Gasteiger charge is -2.27. The van der Waals surface area contributed by atoms with E-state index in [0.29, 0.717) is 6.42 Å². The van der Waals surface area contributed by atoms with Gasteiger partial charge in [0.25, 0.3) is 0 Å². The molecule has 3 atom stereocenters. The Morgan fingerprint density at radius 3 is 2.80 bits per heavy atom. The normalized spacial score (nSPS) is 36.6. The molecule has 0 saturated carbocycles. The molecule has 0 aliphatic carbocycles. The summed E-state index contributed by atoms with van der Waals surface area (Å²) in [7, 11) is 0. The van der Waals surface area contributed by atoms with E-state index >= 15 is 0 Å². The Hall–Kier alpha value is -1.39. The first-order valence-corrected chi connectivity index (χ1v) is 4.89. The summed E-state index contributed by atoms with van der Waals surface area (Å²) in [6, 6.07) is 7.68. The molecule has 2 heterocycles. The molecule has 1 aromatic rings. The van der Waals surface area contributed by atoms with Crippen molar-refractivity contribution in [2.24, 2.45) is 5.73 Å². The van der Waals surface area contributed by atoms with Crippen LogP contribution < -0.4 is 5.73 Å². The van der Waals surface area contributed by atoms with Crippen molar-refractivity contribution in [3.63, 3.8) is 0 Å². The lowest BCUT2D eigenvalue weighted by molar-refractivity contribution is -0.145. The van der Waals surface area contributed by atoms with Crippen LogP contribution in [0.5, 0.6) is 0 Å².